The standard InChI is InChI=1S/C51H71N9O4P3S3/c1-13-17-36-48(6,56-57-52)61-44-28-20-41(21-29-44)38-54-60(12)67(70)51(9,35-15-3)64-47-32-24-43(25-33-47)37-53-58(10)65(68)49(7,16-4)62-46-30-22-42(23-31-46)39-55-59(11)66(69)50(8,34-14-2)63-45-26-18-40(5)19-27-45/h18-33,37-39H,13-17,34-36H2,1-12H3/q+3/b53-37+,54-38+,55-39+/t48?,49?,50?,51-/m0/s1. The first-order valence-electron chi connectivity index (χ1n) is 23.7. The number of hydrogen-bond acceptors (Lipinski definition) is 11. The summed E-state index contributed by atoms with van der Waals surface area (Å²) in [5.41, 5.74) is 12.0. The highest BCUT2D eigenvalue weighted by molar-refractivity contribution is 8.05. The van der Waals surface area contributed by atoms with E-state index in [9.17, 15) is 0 Å². The number of azide groups is 1. The van der Waals surface area contributed by atoms with Crippen LogP contribution in [0.4, 0.5) is 0 Å². The maximum Gasteiger partial charge on any atom is 0.358 e. The number of rotatable bonds is 29. The minimum atomic E-state index is -1.27. The minimum absolute atomic E-state index is 0.547. The Morgan fingerprint density at radius 1 is 0.514 bits per heavy atom. The Morgan fingerprint density at radius 3 is 1.17 bits per heavy atom. The molecular weight excluding hydrogens is 992 g/mol. The van der Waals surface area contributed by atoms with Crippen molar-refractivity contribution in [3.63, 3.8) is 0 Å². The molecule has 0 spiro atoms. The van der Waals surface area contributed by atoms with Gasteiger partial charge < -0.3 is 18.9 Å². The number of unbranched alkanes of at least 4 members (excludes halogenated alkanes) is 1. The second-order valence-corrected chi connectivity index (χ2v) is 27.1. The van der Waals surface area contributed by atoms with Gasteiger partial charge in [0.25, 0.3) is 16.0 Å². The Kier molecular flexibility index (Phi) is 22.6. The van der Waals surface area contributed by atoms with Gasteiger partial charge in [0.1, 0.15) is 23.0 Å². The molecule has 0 amide bonds. The second kappa shape index (κ2) is 27.3. The zero-order valence-corrected chi connectivity index (χ0v) is 48.0. The van der Waals surface area contributed by atoms with Crippen molar-refractivity contribution >= 4 is 74.6 Å². The van der Waals surface area contributed by atoms with Gasteiger partial charge in [-0.1, -0.05) is 51.8 Å². The zero-order chi connectivity index (χ0) is 51.5. The number of hydrogen-bond donors (Lipinski definition) is 0. The van der Waals surface area contributed by atoms with Crippen LogP contribution in [-0.2, 0) is 35.4 Å². The van der Waals surface area contributed by atoms with Crippen LogP contribution in [0.3, 0.4) is 0 Å². The smallest absolute Gasteiger partial charge is 0.358 e. The molecular formula is C51H71N9O4P3S3+3. The summed E-state index contributed by atoms with van der Waals surface area (Å²) in [4.78, 5) is 3.00. The Hall–Kier alpha value is -4.64. The van der Waals surface area contributed by atoms with Gasteiger partial charge in [0.2, 0.25) is 0 Å². The quantitative estimate of drug-likeness (QED) is 0.0129. The van der Waals surface area contributed by atoms with E-state index in [1.165, 1.54) is 5.56 Å². The molecule has 0 N–H and O–H groups in total. The SMILES string of the molecule is CCCCC(C)(N=[N+]=[N-])Oc1ccc(/C=N/N(C)[P+](=S)[C@@](C)(CCC)Oc2ccc(/C=N/N(C)[P+](=S)C(C)(CC)Oc3ccc(/C=N/N(C)[P+](=S)C(C)(CCC)Oc4ccc(C)cc4)cc3)cc2)cc1. The van der Waals surface area contributed by atoms with Crippen LogP contribution < -0.4 is 18.9 Å². The van der Waals surface area contributed by atoms with Crippen molar-refractivity contribution in [3.05, 3.63) is 130 Å². The van der Waals surface area contributed by atoms with Gasteiger partial charge in [0.05, 0.1) is 39.8 Å². The van der Waals surface area contributed by atoms with E-state index in [0.717, 1.165) is 66.7 Å². The van der Waals surface area contributed by atoms with Crippen LogP contribution in [0.1, 0.15) is 129 Å². The first-order valence-corrected chi connectivity index (χ1v) is 30.6. The monoisotopic (exact) mass is 1060 g/mol. The maximum absolute atomic E-state index is 9.08. The normalized spacial score (nSPS) is 15.7. The summed E-state index contributed by atoms with van der Waals surface area (Å²) in [6.45, 7) is 14.8. The molecule has 0 bridgehead atoms. The highest BCUT2D eigenvalue weighted by atomic mass is 32.4. The molecule has 4 rings (SSSR count). The number of nitrogens with zero attached hydrogens (tertiary/aromatic N) is 9. The van der Waals surface area contributed by atoms with E-state index in [4.69, 9.17) is 75.2 Å². The lowest BCUT2D eigenvalue weighted by Gasteiger charge is -2.25. The van der Waals surface area contributed by atoms with Crippen LogP contribution in [0.25, 0.3) is 10.4 Å². The van der Waals surface area contributed by atoms with Gasteiger partial charge in [-0.3, -0.25) is 0 Å². The summed E-state index contributed by atoms with van der Waals surface area (Å²) < 4.78 is 31.3. The van der Waals surface area contributed by atoms with Crippen LogP contribution in [0.15, 0.2) is 117 Å². The molecule has 0 aromatic heterocycles. The van der Waals surface area contributed by atoms with Crippen molar-refractivity contribution in [2.75, 3.05) is 21.1 Å². The third-order valence-electron chi connectivity index (χ3n) is 11.5. The summed E-state index contributed by atoms with van der Waals surface area (Å²) in [6, 6.07) is 31.3. The first-order chi connectivity index (χ1) is 33.2. The molecule has 6 unspecified atom stereocenters. The highest BCUT2D eigenvalue weighted by Gasteiger charge is 2.47. The zero-order valence-electron chi connectivity index (χ0n) is 42.9. The fourth-order valence-electron chi connectivity index (χ4n) is 7.26. The number of ether oxygens (including phenoxy) is 4. The van der Waals surface area contributed by atoms with Crippen molar-refractivity contribution in [2.24, 2.45) is 20.4 Å². The largest absolute Gasteiger partial charge is 0.481 e. The van der Waals surface area contributed by atoms with Crippen LogP contribution in [0.5, 0.6) is 23.0 Å². The Labute approximate surface area is 435 Å². The van der Waals surface area contributed by atoms with E-state index in [1.54, 1.807) is 19.4 Å². The number of aryl methyl sites for hydroxylation is 1. The van der Waals surface area contributed by atoms with E-state index in [-0.39, 0.29) is 0 Å². The summed E-state index contributed by atoms with van der Waals surface area (Å²) in [7, 11) is 5.70. The van der Waals surface area contributed by atoms with Gasteiger partial charge in [-0.15, -0.1) is 29.6 Å². The van der Waals surface area contributed by atoms with Crippen molar-refractivity contribution in [1.29, 1.82) is 0 Å². The summed E-state index contributed by atoms with van der Waals surface area (Å²) >= 11 is 18.3. The van der Waals surface area contributed by atoms with Crippen LogP contribution in [-0.4, -0.2) is 75.9 Å². The van der Waals surface area contributed by atoms with Gasteiger partial charge >= 0.3 is 20.5 Å². The molecule has 19 heteroatoms. The molecule has 7 atom stereocenters. The minimum Gasteiger partial charge on any atom is -0.481 e. The van der Waals surface area contributed by atoms with Crippen molar-refractivity contribution in [3.8, 4) is 23.0 Å². The van der Waals surface area contributed by atoms with Gasteiger partial charge in [0.15, 0.2) is 41.1 Å². The molecule has 70 heavy (non-hydrogen) atoms. The Morgan fingerprint density at radius 2 is 0.843 bits per heavy atom. The van der Waals surface area contributed by atoms with Gasteiger partial charge in [-0.25, -0.2) is 0 Å². The first kappa shape index (κ1) is 57.9. The van der Waals surface area contributed by atoms with Crippen molar-refractivity contribution in [2.45, 2.75) is 135 Å². The molecule has 0 heterocycles. The van der Waals surface area contributed by atoms with E-state index < -0.39 is 42.3 Å². The Balaban J connectivity index is 1.34. The predicted molar refractivity (Wildman–Crippen MR) is 304 cm³/mol. The summed E-state index contributed by atoms with van der Waals surface area (Å²) in [5, 5.41) is 16.3. The van der Waals surface area contributed by atoms with Crippen LogP contribution in [0.2, 0.25) is 0 Å². The topological polar surface area (TPSA) is 132 Å². The molecule has 0 aliphatic rings. The lowest BCUT2D eigenvalue weighted by molar-refractivity contribution is 0.0840. The molecule has 4 aromatic rings. The molecule has 0 saturated heterocycles. The van der Waals surface area contributed by atoms with Crippen LogP contribution in [0, 0.1) is 6.92 Å². The van der Waals surface area contributed by atoms with Gasteiger partial charge in [0, 0.05) is 44.9 Å². The Bertz CT molecular complexity index is 2500. The van der Waals surface area contributed by atoms with E-state index in [0.29, 0.717) is 24.3 Å². The second-order valence-electron chi connectivity index (χ2n) is 17.8. The maximum atomic E-state index is 9.08. The van der Waals surface area contributed by atoms with Gasteiger partial charge in [-0.05, 0) is 152 Å². The predicted octanol–water partition coefficient (Wildman–Crippen LogP) is 15.4. The lowest BCUT2D eigenvalue weighted by atomic mass is 10.1. The molecule has 0 saturated carbocycles. The molecule has 4 aromatic carbocycles. The number of hydrazone groups is 3. The summed E-state index contributed by atoms with van der Waals surface area (Å²) in [5.74, 6) is 2.86. The fraction of sp³-hybridized carbons (Fsp3) is 0.471. The van der Waals surface area contributed by atoms with Crippen LogP contribution >= 0.6 is 20.5 Å². The average Bonchev–Trinajstić information content (AvgIpc) is 3.35. The molecule has 374 valence electrons. The fourth-order valence-corrected chi connectivity index (χ4v) is 12.8. The third-order valence-corrected chi connectivity index (χ3v) is 22.4. The van der Waals surface area contributed by atoms with E-state index in [2.05, 4.69) is 70.6 Å². The summed E-state index contributed by atoms with van der Waals surface area (Å²) in [6.07, 6.45) is 12.0. The number of benzene rings is 4. The van der Waals surface area contributed by atoms with E-state index in [1.807, 2.05) is 134 Å². The van der Waals surface area contributed by atoms with E-state index >= 15 is 0 Å². The lowest BCUT2D eigenvalue weighted by Crippen LogP contribution is -2.31. The average molecular weight is 1060 g/mol. The van der Waals surface area contributed by atoms with Crippen molar-refractivity contribution in [1.82, 2.24) is 14.3 Å². The van der Waals surface area contributed by atoms with Gasteiger partial charge in [-0.2, -0.15) is 0 Å². The third kappa shape index (κ3) is 17.0. The highest BCUT2D eigenvalue weighted by Crippen LogP contribution is 2.48. The molecule has 0 aliphatic carbocycles. The van der Waals surface area contributed by atoms with Crippen molar-refractivity contribution < 1.29 is 18.9 Å². The molecule has 0 fully saturated rings. The molecule has 0 radical (unpaired) electrons. The molecule has 0 aliphatic heterocycles. The molecule has 13 nitrogen and oxygen atoms in total.